The Kier molecular flexibility index (Phi) is 5.52. The minimum atomic E-state index is -0.0308. The molecule has 0 unspecified atom stereocenters. The van der Waals surface area contributed by atoms with E-state index in [0.717, 1.165) is 33.8 Å². The molecule has 158 valence electrons. The molecule has 3 heterocycles. The zero-order valence-electron chi connectivity index (χ0n) is 16.8. The predicted molar refractivity (Wildman–Crippen MR) is 123 cm³/mol. The quantitative estimate of drug-likeness (QED) is 0.313. The number of hydrogen-bond donors (Lipinski definition) is 1. The van der Waals surface area contributed by atoms with Gasteiger partial charge in [-0.3, -0.25) is 4.79 Å². The zero-order valence-corrected chi connectivity index (χ0v) is 18.5. The number of nitrogens with one attached hydrogen (secondary N) is 1. The molecule has 0 radical (unpaired) electrons. The van der Waals surface area contributed by atoms with E-state index in [1.807, 2.05) is 43.3 Å². The smallest absolute Gasteiger partial charge is 0.231 e. The molecule has 4 aromatic rings. The van der Waals surface area contributed by atoms with Crippen LogP contribution in [0.3, 0.4) is 0 Å². The second-order valence-electron chi connectivity index (χ2n) is 7.07. The van der Waals surface area contributed by atoms with E-state index in [0.29, 0.717) is 23.1 Å². The van der Waals surface area contributed by atoms with Crippen molar-refractivity contribution in [2.24, 2.45) is 0 Å². The van der Waals surface area contributed by atoms with Crippen LogP contribution in [-0.4, -0.2) is 33.2 Å². The van der Waals surface area contributed by atoms with Crippen molar-refractivity contribution in [2.75, 3.05) is 17.9 Å². The Bertz CT molecular complexity index is 1200. The summed E-state index contributed by atoms with van der Waals surface area (Å²) >= 11 is 3.25. The molecule has 0 spiro atoms. The molecule has 0 saturated carbocycles. The van der Waals surface area contributed by atoms with Crippen LogP contribution in [0.2, 0.25) is 0 Å². The highest BCUT2D eigenvalue weighted by molar-refractivity contribution is 7.99. The van der Waals surface area contributed by atoms with E-state index < -0.39 is 0 Å². The Labute approximate surface area is 187 Å². The van der Waals surface area contributed by atoms with Crippen molar-refractivity contribution in [2.45, 2.75) is 24.7 Å². The molecule has 1 aliphatic rings. The van der Waals surface area contributed by atoms with Gasteiger partial charge in [0.2, 0.25) is 17.8 Å². The summed E-state index contributed by atoms with van der Waals surface area (Å²) in [5, 5.41) is 8.20. The molecular weight excluding hydrogens is 432 g/mol. The summed E-state index contributed by atoms with van der Waals surface area (Å²) in [4.78, 5) is 18.4. The second kappa shape index (κ2) is 8.60. The topological polar surface area (TPSA) is 78.3 Å². The Hall–Kier alpha value is -3.04. The van der Waals surface area contributed by atoms with Crippen molar-refractivity contribution in [1.29, 1.82) is 0 Å². The van der Waals surface area contributed by atoms with Crippen LogP contribution in [0.1, 0.15) is 18.5 Å². The normalized spacial score (nSPS) is 12.4. The van der Waals surface area contributed by atoms with Crippen LogP contribution in [0.5, 0.6) is 11.5 Å². The summed E-state index contributed by atoms with van der Waals surface area (Å²) in [7, 11) is 0. The summed E-state index contributed by atoms with van der Waals surface area (Å²) < 4.78 is 13.5. The molecule has 1 N–H and O–H groups in total. The first kappa shape index (κ1) is 19.9. The third-order valence-corrected chi connectivity index (χ3v) is 6.80. The van der Waals surface area contributed by atoms with Gasteiger partial charge in [-0.15, -0.1) is 11.8 Å². The van der Waals surface area contributed by atoms with Gasteiger partial charge in [0.25, 0.3) is 0 Å². The van der Waals surface area contributed by atoms with Crippen molar-refractivity contribution in [3.05, 3.63) is 54.2 Å². The number of aromatic nitrogens is 3. The molecule has 1 aliphatic heterocycles. The van der Waals surface area contributed by atoms with E-state index in [1.54, 1.807) is 16.4 Å². The highest BCUT2D eigenvalue weighted by Crippen LogP contribution is 2.39. The van der Waals surface area contributed by atoms with E-state index in [1.165, 1.54) is 16.2 Å². The lowest BCUT2D eigenvalue weighted by atomic mass is 10.3. The van der Waals surface area contributed by atoms with Gasteiger partial charge in [-0.05, 0) is 31.2 Å². The SMILES string of the molecule is Cc1cc(NC(=O)CCCSc2ccccc2)n(-c2nc3cc4c(cc3s2)OCO4)n1. The number of hydrogen-bond acceptors (Lipinski definition) is 7. The number of thioether (sulfide) groups is 1. The fourth-order valence-corrected chi connectivity index (χ4v) is 5.09. The Morgan fingerprint density at radius 1 is 1.19 bits per heavy atom. The number of anilines is 1. The third kappa shape index (κ3) is 4.38. The summed E-state index contributed by atoms with van der Waals surface area (Å²) in [5.74, 6) is 2.90. The number of rotatable bonds is 7. The summed E-state index contributed by atoms with van der Waals surface area (Å²) in [6, 6.07) is 15.9. The molecular formula is C22H20N4O3S2. The molecule has 7 nitrogen and oxygen atoms in total. The maximum atomic E-state index is 12.5. The van der Waals surface area contributed by atoms with Crippen LogP contribution in [-0.2, 0) is 4.79 Å². The van der Waals surface area contributed by atoms with Gasteiger partial charge >= 0.3 is 0 Å². The van der Waals surface area contributed by atoms with Gasteiger partial charge in [0.1, 0.15) is 5.82 Å². The average Bonchev–Trinajstić information content (AvgIpc) is 3.47. The molecule has 5 rings (SSSR count). The predicted octanol–water partition coefficient (Wildman–Crippen LogP) is 5.03. The van der Waals surface area contributed by atoms with E-state index in [2.05, 4.69) is 27.5 Å². The largest absolute Gasteiger partial charge is 0.454 e. The molecule has 0 atom stereocenters. The first-order valence-electron chi connectivity index (χ1n) is 9.91. The van der Waals surface area contributed by atoms with Gasteiger partial charge < -0.3 is 14.8 Å². The van der Waals surface area contributed by atoms with Gasteiger partial charge in [-0.25, -0.2) is 4.98 Å². The fraction of sp³-hybridized carbons (Fsp3) is 0.227. The molecule has 0 bridgehead atoms. The van der Waals surface area contributed by atoms with Crippen LogP contribution in [0.4, 0.5) is 5.82 Å². The van der Waals surface area contributed by atoms with E-state index >= 15 is 0 Å². The molecule has 0 aliphatic carbocycles. The van der Waals surface area contributed by atoms with Crippen LogP contribution in [0.25, 0.3) is 15.3 Å². The highest BCUT2D eigenvalue weighted by Gasteiger charge is 2.19. The summed E-state index contributed by atoms with van der Waals surface area (Å²) in [6.07, 6.45) is 1.25. The average molecular weight is 453 g/mol. The van der Waals surface area contributed by atoms with Crippen LogP contribution < -0.4 is 14.8 Å². The zero-order chi connectivity index (χ0) is 21.2. The van der Waals surface area contributed by atoms with Crippen molar-refractivity contribution in [3.8, 4) is 16.6 Å². The monoisotopic (exact) mass is 452 g/mol. The van der Waals surface area contributed by atoms with Gasteiger partial charge in [0.15, 0.2) is 11.5 Å². The maximum Gasteiger partial charge on any atom is 0.231 e. The Balaban J connectivity index is 1.26. The molecule has 2 aromatic carbocycles. The lowest BCUT2D eigenvalue weighted by molar-refractivity contribution is -0.116. The second-order valence-corrected chi connectivity index (χ2v) is 9.24. The molecule has 0 fully saturated rings. The minimum absolute atomic E-state index is 0.0308. The number of benzene rings is 2. The number of aryl methyl sites for hydroxylation is 1. The number of fused-ring (bicyclic) bond motifs is 2. The van der Waals surface area contributed by atoms with Crippen molar-refractivity contribution >= 4 is 45.0 Å². The van der Waals surface area contributed by atoms with Crippen molar-refractivity contribution in [1.82, 2.24) is 14.8 Å². The fourth-order valence-electron chi connectivity index (χ4n) is 3.28. The van der Waals surface area contributed by atoms with Gasteiger partial charge in [-0.1, -0.05) is 29.5 Å². The summed E-state index contributed by atoms with van der Waals surface area (Å²) in [5.41, 5.74) is 1.62. The maximum absolute atomic E-state index is 12.5. The van der Waals surface area contributed by atoms with E-state index in [4.69, 9.17) is 9.47 Å². The van der Waals surface area contributed by atoms with Gasteiger partial charge in [0.05, 0.1) is 15.9 Å². The van der Waals surface area contributed by atoms with Crippen LogP contribution in [0, 0.1) is 6.92 Å². The van der Waals surface area contributed by atoms with E-state index in [-0.39, 0.29) is 12.7 Å². The first-order valence-corrected chi connectivity index (χ1v) is 11.7. The molecule has 0 saturated heterocycles. The molecule has 9 heteroatoms. The van der Waals surface area contributed by atoms with Gasteiger partial charge in [0, 0.05) is 29.5 Å². The number of nitrogens with zero attached hydrogens (tertiary/aromatic N) is 3. The number of carbonyl (C=O) groups is 1. The summed E-state index contributed by atoms with van der Waals surface area (Å²) in [6.45, 7) is 2.13. The minimum Gasteiger partial charge on any atom is -0.454 e. The Morgan fingerprint density at radius 3 is 2.84 bits per heavy atom. The van der Waals surface area contributed by atoms with Crippen molar-refractivity contribution in [3.63, 3.8) is 0 Å². The lowest BCUT2D eigenvalue weighted by Crippen LogP contribution is -2.14. The third-order valence-electron chi connectivity index (χ3n) is 4.71. The molecule has 2 aromatic heterocycles. The number of amides is 1. The highest BCUT2D eigenvalue weighted by atomic mass is 32.2. The number of thiazole rings is 1. The first-order chi connectivity index (χ1) is 15.2. The van der Waals surface area contributed by atoms with Gasteiger partial charge in [-0.2, -0.15) is 9.78 Å². The van der Waals surface area contributed by atoms with Crippen molar-refractivity contribution < 1.29 is 14.3 Å². The van der Waals surface area contributed by atoms with Crippen LogP contribution in [0.15, 0.2) is 53.4 Å². The standard InChI is InChI=1S/C22H20N4O3S2/c1-14-10-20(24-21(27)8-5-9-30-15-6-3-2-4-7-15)26(25-14)22-23-16-11-17-18(29-13-28-17)12-19(16)31-22/h2-4,6-7,10-12H,5,8-9,13H2,1H3,(H,24,27). The number of ether oxygens (including phenoxy) is 2. The van der Waals surface area contributed by atoms with Crippen LogP contribution >= 0.6 is 23.1 Å². The molecule has 1 amide bonds. The van der Waals surface area contributed by atoms with E-state index in [9.17, 15) is 4.79 Å². The number of carbonyl (C=O) groups excluding carboxylic acids is 1. The molecule has 31 heavy (non-hydrogen) atoms. The lowest BCUT2D eigenvalue weighted by Gasteiger charge is -2.06. The Morgan fingerprint density at radius 2 is 2.00 bits per heavy atom.